The number of Topliss-reactive ketones (excluding diaryl/α,β-unsaturated/α-hetero) is 3. The number of carbonyl (C=O) groups is 6. The SMILES string of the molecule is CO[C@H]1C[C@@H]2CC[C@@H](C)[C@@](O)(O2)C(=O)C(=O)N2CCCC[C@H]2C(=O)O[C@H]([C@H](C)C[C@H]2CC[C@@H](OC(=O)NCC[P+](O)(CP(=O)(O)O)P(=O)(O)O)[C@H](OC)C2)CC(=O)[C@H](C)/C=C(\C)[C@@H](O)[C@@H](OC)C(=O)[C@H](C)C[C@H](C)/C=C/C=C/C=C/1C. The Morgan fingerprint density at radius 2 is 1.57 bits per heavy atom. The van der Waals surface area contributed by atoms with Crippen LogP contribution in [0.25, 0.3) is 0 Å². The number of nitrogens with one attached hydrogen (secondary N) is 1. The number of aliphatic hydroxyl groups excluding tert-OH is 1. The number of carbonyl (C=O) groups excluding carboxylic acids is 6. The first kappa shape index (κ1) is 70.1. The lowest BCUT2D eigenvalue weighted by molar-refractivity contribution is -0.265. The number of piperidine rings is 1. The predicted octanol–water partition coefficient (Wildman–Crippen LogP) is 6.07. The second-order valence-corrected chi connectivity index (χ2v) is 32.3. The average Bonchev–Trinajstić information content (AvgIpc) is 3.56. The molecule has 3 heterocycles. The number of nitrogens with zero attached hydrogens (tertiary/aromatic N) is 1. The molecule has 26 heteroatoms. The second kappa shape index (κ2) is 31.1. The number of methoxy groups -OCH3 is 3. The van der Waals surface area contributed by atoms with E-state index in [-0.39, 0.29) is 55.6 Å². The highest BCUT2D eigenvalue weighted by molar-refractivity contribution is 8.36. The number of hydrogen-bond donors (Lipinski definition) is 8. The van der Waals surface area contributed by atoms with Crippen LogP contribution in [0.4, 0.5) is 4.79 Å². The number of cyclic esters (lactones) is 1. The van der Waals surface area contributed by atoms with Crippen molar-refractivity contribution in [3.05, 3.63) is 47.6 Å². The molecule has 460 valence electrons. The van der Waals surface area contributed by atoms with E-state index in [1.54, 1.807) is 47.8 Å². The van der Waals surface area contributed by atoms with Crippen molar-refractivity contribution in [2.75, 3.05) is 46.5 Å². The molecule has 0 aromatic heterocycles. The maximum absolute atomic E-state index is 14.6. The monoisotopic (exact) mass is 1210 g/mol. The van der Waals surface area contributed by atoms with Crippen molar-refractivity contribution >= 4 is 57.4 Å². The molecule has 23 nitrogen and oxygen atoms in total. The number of rotatable bonds is 13. The minimum absolute atomic E-state index is 0.00272. The van der Waals surface area contributed by atoms with Gasteiger partial charge in [0, 0.05) is 58.5 Å². The highest BCUT2D eigenvalue weighted by atomic mass is 32.1. The van der Waals surface area contributed by atoms with Crippen molar-refractivity contribution in [3.63, 3.8) is 0 Å². The van der Waals surface area contributed by atoms with Crippen LogP contribution in [0.1, 0.15) is 126 Å². The van der Waals surface area contributed by atoms with E-state index < -0.39 is 143 Å². The normalized spacial score (nSPS) is 35.9. The summed E-state index contributed by atoms with van der Waals surface area (Å²) in [6.07, 6.45) is 6.36. The molecule has 2 amide bonds. The smallest absolute Gasteiger partial charge is 0.460 e. The maximum atomic E-state index is 14.6. The first-order valence-electron chi connectivity index (χ1n) is 27.9. The fraction of sp³-hybridized carbons (Fsp3) is 0.745. The summed E-state index contributed by atoms with van der Waals surface area (Å²) >= 11 is 0. The summed E-state index contributed by atoms with van der Waals surface area (Å²) in [5.74, 6) is -10.7. The summed E-state index contributed by atoms with van der Waals surface area (Å²) in [4.78, 5) is 134. The third-order valence-electron chi connectivity index (χ3n) is 16.3. The van der Waals surface area contributed by atoms with Crippen molar-refractivity contribution in [3.8, 4) is 0 Å². The van der Waals surface area contributed by atoms with Gasteiger partial charge >= 0.3 is 26.9 Å². The highest BCUT2D eigenvalue weighted by Gasteiger charge is 2.58. The first-order valence-corrected chi connectivity index (χ1v) is 34.2. The van der Waals surface area contributed by atoms with Crippen LogP contribution < -0.4 is 5.32 Å². The van der Waals surface area contributed by atoms with Crippen molar-refractivity contribution in [2.45, 2.75) is 180 Å². The molecule has 16 atom stereocenters. The van der Waals surface area contributed by atoms with Crippen LogP contribution in [0.3, 0.4) is 0 Å². The van der Waals surface area contributed by atoms with Crippen molar-refractivity contribution in [2.24, 2.45) is 35.5 Å². The van der Waals surface area contributed by atoms with Gasteiger partial charge in [0.2, 0.25) is 5.79 Å². The summed E-state index contributed by atoms with van der Waals surface area (Å²) in [6.45, 7) is 11.7. The number of aliphatic hydroxyl groups is 2. The van der Waals surface area contributed by atoms with Crippen LogP contribution in [0.2, 0.25) is 0 Å². The number of esters is 1. The Kier molecular flexibility index (Phi) is 27.0. The van der Waals surface area contributed by atoms with E-state index in [1.807, 2.05) is 44.2 Å². The Hall–Kier alpha value is -3.37. The number of allylic oxidation sites excluding steroid dienone is 6. The van der Waals surface area contributed by atoms with Crippen LogP contribution in [0, 0.1) is 35.5 Å². The molecule has 3 aliphatic heterocycles. The Morgan fingerprint density at radius 3 is 2.20 bits per heavy atom. The minimum atomic E-state index is -5.36. The lowest BCUT2D eigenvalue weighted by Gasteiger charge is -2.42. The van der Waals surface area contributed by atoms with Crippen LogP contribution in [0.15, 0.2) is 47.6 Å². The number of ether oxygens (including phenoxy) is 6. The number of amides is 2. The molecule has 1 unspecified atom stereocenters. The van der Waals surface area contributed by atoms with Gasteiger partial charge in [0.25, 0.3) is 18.9 Å². The van der Waals surface area contributed by atoms with Gasteiger partial charge in [0.05, 0.1) is 24.9 Å². The molecule has 4 aliphatic rings. The largest absolute Gasteiger partial charge is 0.494 e. The van der Waals surface area contributed by atoms with E-state index >= 15 is 0 Å². The molecule has 1 aliphatic carbocycles. The molecule has 0 spiro atoms. The zero-order valence-corrected chi connectivity index (χ0v) is 51.2. The van der Waals surface area contributed by atoms with E-state index in [2.05, 4.69) is 5.32 Å². The molecule has 1 saturated carbocycles. The van der Waals surface area contributed by atoms with Gasteiger partial charge in [0.1, 0.15) is 42.4 Å². The summed E-state index contributed by atoms with van der Waals surface area (Å²) in [6, 6.07) is -1.26. The molecular weight excluding hydrogens is 1120 g/mol. The van der Waals surface area contributed by atoms with E-state index in [1.165, 1.54) is 14.2 Å². The zero-order chi connectivity index (χ0) is 60.8. The van der Waals surface area contributed by atoms with Crippen molar-refractivity contribution in [1.82, 2.24) is 10.2 Å². The molecule has 3 fully saturated rings. The summed E-state index contributed by atoms with van der Waals surface area (Å²) < 4.78 is 58.7. The molecule has 0 aromatic carbocycles. The summed E-state index contributed by atoms with van der Waals surface area (Å²) in [7, 11) is -10.7. The van der Waals surface area contributed by atoms with E-state index in [9.17, 15) is 72.6 Å². The molecule has 8 N–H and O–H groups in total. The van der Waals surface area contributed by atoms with Crippen LogP contribution in [0.5, 0.6) is 0 Å². The van der Waals surface area contributed by atoms with Gasteiger partial charge in [-0.25, -0.2) is 19.0 Å². The van der Waals surface area contributed by atoms with Crippen molar-refractivity contribution in [1.29, 1.82) is 0 Å². The highest BCUT2D eigenvalue weighted by Crippen LogP contribution is 2.86. The Labute approximate surface area is 476 Å². The number of fused-ring (bicyclic) bond motifs is 3. The van der Waals surface area contributed by atoms with Crippen molar-refractivity contribution < 1.29 is 101 Å². The third-order valence-corrected chi connectivity index (χ3v) is 26.2. The summed E-state index contributed by atoms with van der Waals surface area (Å²) in [5.41, 5.74) is 1.14. The molecule has 0 radical (unpaired) electrons. The van der Waals surface area contributed by atoms with Crippen LogP contribution >= 0.6 is 22.1 Å². The quantitative estimate of drug-likeness (QED) is 0.0449. The zero-order valence-electron chi connectivity index (χ0n) is 48.5. The summed E-state index contributed by atoms with van der Waals surface area (Å²) in [5, 5.41) is 25.8. The standard InChI is InChI=1S/C55H89N2O21P3/c1-33-16-12-11-13-17-34(2)45(73-8)30-41-21-19-39(7)55(65,78-41)51(61)52(62)57-24-15-14-18-42(57)53(63)76-46(31-43(58)35(3)27-38(6)49(60)50(75-10)48(59)37(5)26-33)36(4)28-40-20-22-44(47(29-40)74-9)77-54(64)56-23-25-79(66,81(70,71)72)32-80(67,68)69/h11-13,16-17,27,33,35-37,39-42,44-47,49-50,60,65-66H,14-15,18-26,28-32H2,1-10H3,(H4-,56,64,67,68,69,70,71,72)/p+1/b13-11+,16-12+,34-17+,38-27+/t33-,35-,36-,37-,39-,40-,41+,42+,44-,45+,46+,47-,49-,50+,55-,79?/m1/s1. The Morgan fingerprint density at radius 1 is 0.877 bits per heavy atom. The molecule has 2 saturated heterocycles. The van der Waals surface area contributed by atoms with E-state index in [0.29, 0.717) is 56.9 Å². The van der Waals surface area contributed by atoms with E-state index in [4.69, 9.17) is 28.4 Å². The second-order valence-electron chi connectivity index (χ2n) is 22.8. The van der Waals surface area contributed by atoms with Crippen LogP contribution in [-0.4, -0.2) is 176 Å². The number of hydrogen-bond acceptors (Lipinski definition) is 17. The fourth-order valence-electron chi connectivity index (χ4n) is 11.3. The number of ketones is 3. The Balaban J connectivity index is 1.63. The van der Waals surface area contributed by atoms with Gasteiger partial charge in [-0.05, 0) is 107 Å². The Bertz CT molecular complexity index is 2410. The molecule has 0 aromatic rings. The lowest BCUT2D eigenvalue weighted by Crippen LogP contribution is -2.61. The van der Waals surface area contributed by atoms with Crippen LogP contribution in [-0.2, 0) is 61.5 Å². The molecule has 2 bridgehead atoms. The predicted molar refractivity (Wildman–Crippen MR) is 300 cm³/mol. The topological polar surface area (TPSA) is 349 Å². The molecule has 81 heavy (non-hydrogen) atoms. The average molecular weight is 1210 g/mol. The molecule has 4 rings (SSSR count). The third kappa shape index (κ3) is 19.9. The van der Waals surface area contributed by atoms with Gasteiger partial charge in [-0.1, -0.05) is 71.1 Å². The van der Waals surface area contributed by atoms with Gasteiger partial charge in [0.15, 0.2) is 11.7 Å². The number of alkyl carbamates (subject to hydrolysis) is 1. The van der Waals surface area contributed by atoms with Gasteiger partial charge in [-0.15, -0.1) is 0 Å². The van der Waals surface area contributed by atoms with Gasteiger partial charge in [-0.2, -0.15) is 0 Å². The fourth-order valence-corrected chi connectivity index (χ4v) is 19.7. The van der Waals surface area contributed by atoms with Gasteiger partial charge in [-0.3, -0.25) is 33.5 Å². The maximum Gasteiger partial charge on any atom is 0.494 e. The first-order chi connectivity index (χ1) is 37.8. The lowest BCUT2D eigenvalue weighted by atomic mass is 9.78. The minimum Gasteiger partial charge on any atom is -0.460 e. The van der Waals surface area contributed by atoms with Gasteiger partial charge < -0.3 is 58.6 Å². The van der Waals surface area contributed by atoms with E-state index in [0.717, 1.165) is 10.5 Å². The molecular formula is C55H90N2O21P3+.